The summed E-state index contributed by atoms with van der Waals surface area (Å²) >= 11 is 7.80. The fourth-order valence-electron chi connectivity index (χ4n) is 2.80. The zero-order valence-electron chi connectivity index (χ0n) is 16.0. The number of thioether (sulfide) groups is 1. The molecule has 28 heavy (non-hydrogen) atoms. The van der Waals surface area contributed by atoms with Gasteiger partial charge in [0.1, 0.15) is 6.04 Å². The van der Waals surface area contributed by atoms with Gasteiger partial charge in [0.05, 0.1) is 11.9 Å². The summed E-state index contributed by atoms with van der Waals surface area (Å²) in [5.41, 5.74) is 1.54. The van der Waals surface area contributed by atoms with E-state index in [1.165, 1.54) is 4.31 Å². The van der Waals surface area contributed by atoms with E-state index in [9.17, 15) is 13.2 Å². The largest absolute Gasteiger partial charge is 0.353 e. The van der Waals surface area contributed by atoms with E-state index in [1.54, 1.807) is 49.0 Å². The summed E-state index contributed by atoms with van der Waals surface area (Å²) in [6.45, 7) is 2.26. The number of anilines is 1. The summed E-state index contributed by atoms with van der Waals surface area (Å²) in [5, 5.41) is 3.59. The molecule has 1 N–H and O–H groups in total. The Morgan fingerprint density at radius 2 is 1.79 bits per heavy atom. The second-order valence-electron chi connectivity index (χ2n) is 6.25. The van der Waals surface area contributed by atoms with Crippen molar-refractivity contribution in [2.45, 2.75) is 25.1 Å². The van der Waals surface area contributed by atoms with Gasteiger partial charge < -0.3 is 5.32 Å². The van der Waals surface area contributed by atoms with Crippen LogP contribution in [-0.2, 0) is 20.6 Å². The lowest BCUT2D eigenvalue weighted by Crippen LogP contribution is -2.49. The van der Waals surface area contributed by atoms with Crippen molar-refractivity contribution in [1.29, 1.82) is 0 Å². The van der Waals surface area contributed by atoms with Crippen LogP contribution in [-0.4, -0.2) is 38.9 Å². The summed E-state index contributed by atoms with van der Waals surface area (Å²) in [6.07, 6.45) is 1.50. The molecule has 0 saturated heterocycles. The van der Waals surface area contributed by atoms with Gasteiger partial charge in [-0.05, 0) is 30.2 Å². The van der Waals surface area contributed by atoms with E-state index in [0.717, 1.165) is 22.6 Å². The first-order valence-electron chi connectivity index (χ1n) is 8.98. The monoisotopic (exact) mass is 440 g/mol. The van der Waals surface area contributed by atoms with Crippen LogP contribution in [0.15, 0.2) is 54.6 Å². The van der Waals surface area contributed by atoms with E-state index in [1.807, 2.05) is 24.3 Å². The van der Waals surface area contributed by atoms with Gasteiger partial charge in [-0.2, -0.15) is 11.8 Å². The highest BCUT2D eigenvalue weighted by atomic mass is 35.5. The van der Waals surface area contributed by atoms with Crippen LogP contribution in [0.2, 0.25) is 5.02 Å². The Morgan fingerprint density at radius 3 is 2.39 bits per heavy atom. The average molecular weight is 441 g/mol. The maximum Gasteiger partial charge on any atom is 0.243 e. The van der Waals surface area contributed by atoms with E-state index in [-0.39, 0.29) is 5.91 Å². The summed E-state index contributed by atoms with van der Waals surface area (Å²) < 4.78 is 25.9. The second kappa shape index (κ2) is 10.7. The van der Waals surface area contributed by atoms with Crippen LogP contribution in [0.3, 0.4) is 0 Å². The molecule has 0 spiro atoms. The summed E-state index contributed by atoms with van der Waals surface area (Å²) in [6, 6.07) is 15.6. The predicted molar refractivity (Wildman–Crippen MR) is 118 cm³/mol. The fourth-order valence-corrected chi connectivity index (χ4v) is 5.15. The third kappa shape index (κ3) is 6.43. The van der Waals surface area contributed by atoms with Gasteiger partial charge in [-0.15, -0.1) is 0 Å². The molecule has 0 aliphatic carbocycles. The van der Waals surface area contributed by atoms with Gasteiger partial charge in [0.2, 0.25) is 15.9 Å². The number of carbonyl (C=O) groups excluding carboxylic acids is 1. The number of amides is 1. The zero-order valence-corrected chi connectivity index (χ0v) is 18.4. The Kier molecular flexibility index (Phi) is 8.66. The molecule has 0 bridgehead atoms. The van der Waals surface area contributed by atoms with Crippen LogP contribution in [0.4, 0.5) is 5.69 Å². The van der Waals surface area contributed by atoms with Gasteiger partial charge in [0.15, 0.2) is 0 Å². The molecule has 0 radical (unpaired) electrons. The standard InChI is InChI=1S/C20H25ClN2O3S2/c1-3-19(23(28(2,25)26)17-10-5-4-6-11-17)20(24)22-13-14-27-15-16-9-7-8-12-18(16)21/h4-12,19H,3,13-15H2,1-2H3,(H,22,24)/t19-/m0/s1. The van der Waals surface area contributed by atoms with Crippen molar-refractivity contribution < 1.29 is 13.2 Å². The van der Waals surface area contributed by atoms with Crippen molar-refractivity contribution in [3.05, 3.63) is 65.2 Å². The van der Waals surface area contributed by atoms with Gasteiger partial charge in [0, 0.05) is 23.1 Å². The number of carbonyl (C=O) groups is 1. The quantitative estimate of drug-likeness (QED) is 0.568. The predicted octanol–water partition coefficient (Wildman–Crippen LogP) is 3.93. The van der Waals surface area contributed by atoms with Crippen molar-refractivity contribution >= 4 is 45.0 Å². The number of para-hydroxylation sites is 1. The molecule has 0 unspecified atom stereocenters. The van der Waals surface area contributed by atoms with E-state index in [0.29, 0.717) is 24.4 Å². The number of rotatable bonds is 10. The number of nitrogens with zero attached hydrogens (tertiary/aromatic N) is 1. The van der Waals surface area contributed by atoms with Gasteiger partial charge in [0.25, 0.3) is 0 Å². The highest BCUT2D eigenvalue weighted by Gasteiger charge is 2.31. The smallest absolute Gasteiger partial charge is 0.243 e. The van der Waals surface area contributed by atoms with Gasteiger partial charge in [-0.25, -0.2) is 8.42 Å². The van der Waals surface area contributed by atoms with Crippen molar-refractivity contribution in [3.63, 3.8) is 0 Å². The molecule has 0 aliphatic rings. The SMILES string of the molecule is CC[C@@H](C(=O)NCCSCc1ccccc1Cl)N(c1ccccc1)S(C)(=O)=O. The van der Waals surface area contributed by atoms with Gasteiger partial charge >= 0.3 is 0 Å². The highest BCUT2D eigenvalue weighted by Crippen LogP contribution is 2.22. The molecule has 0 aromatic heterocycles. The van der Waals surface area contributed by atoms with Gasteiger partial charge in [-0.3, -0.25) is 9.10 Å². The minimum absolute atomic E-state index is 0.296. The molecule has 0 aliphatic heterocycles. The molecule has 2 rings (SSSR count). The Labute approximate surface area is 176 Å². The lowest BCUT2D eigenvalue weighted by atomic mass is 10.2. The zero-order chi connectivity index (χ0) is 20.6. The van der Waals surface area contributed by atoms with Crippen LogP contribution in [0, 0.1) is 0 Å². The maximum absolute atomic E-state index is 12.7. The molecule has 152 valence electrons. The van der Waals surface area contributed by atoms with E-state index >= 15 is 0 Å². The molecule has 8 heteroatoms. The molecule has 0 saturated carbocycles. The Hall–Kier alpha value is -1.70. The molecule has 2 aromatic rings. The van der Waals surface area contributed by atoms with Gasteiger partial charge in [-0.1, -0.05) is 54.9 Å². The number of hydrogen-bond donors (Lipinski definition) is 1. The number of halogens is 1. The normalized spacial score (nSPS) is 12.4. The molecule has 0 fully saturated rings. The lowest BCUT2D eigenvalue weighted by Gasteiger charge is -2.30. The first-order chi connectivity index (χ1) is 13.3. The van der Waals surface area contributed by atoms with E-state index in [4.69, 9.17) is 11.6 Å². The first-order valence-corrected chi connectivity index (χ1v) is 12.4. The molecule has 1 amide bonds. The first kappa shape index (κ1) is 22.6. The van der Waals surface area contributed by atoms with E-state index < -0.39 is 16.1 Å². The number of benzene rings is 2. The number of hydrogen-bond acceptors (Lipinski definition) is 4. The van der Waals surface area contributed by atoms with Crippen molar-refractivity contribution in [2.24, 2.45) is 0 Å². The lowest BCUT2D eigenvalue weighted by molar-refractivity contribution is -0.122. The number of sulfonamides is 1. The topological polar surface area (TPSA) is 66.5 Å². The van der Waals surface area contributed by atoms with Crippen LogP contribution in [0.25, 0.3) is 0 Å². The molecule has 2 aromatic carbocycles. The van der Waals surface area contributed by atoms with Crippen LogP contribution >= 0.6 is 23.4 Å². The van der Waals surface area contributed by atoms with Crippen molar-refractivity contribution in [1.82, 2.24) is 5.32 Å². The average Bonchev–Trinajstić information content (AvgIpc) is 2.66. The Bertz CT molecular complexity index is 876. The minimum atomic E-state index is -3.60. The Balaban J connectivity index is 1.94. The van der Waals surface area contributed by atoms with Crippen molar-refractivity contribution in [2.75, 3.05) is 22.9 Å². The molecular formula is C20H25ClN2O3S2. The highest BCUT2D eigenvalue weighted by molar-refractivity contribution is 7.98. The third-order valence-electron chi connectivity index (χ3n) is 4.10. The van der Waals surface area contributed by atoms with Crippen LogP contribution in [0.5, 0.6) is 0 Å². The minimum Gasteiger partial charge on any atom is -0.353 e. The maximum atomic E-state index is 12.7. The third-order valence-corrected chi connectivity index (χ3v) is 6.66. The van der Waals surface area contributed by atoms with Crippen LogP contribution < -0.4 is 9.62 Å². The molecule has 5 nitrogen and oxygen atoms in total. The molecule has 1 atom stereocenters. The van der Waals surface area contributed by atoms with Crippen LogP contribution in [0.1, 0.15) is 18.9 Å². The van der Waals surface area contributed by atoms with Crippen molar-refractivity contribution in [3.8, 4) is 0 Å². The Morgan fingerprint density at radius 1 is 1.14 bits per heavy atom. The fraction of sp³-hybridized carbons (Fsp3) is 0.350. The molecular weight excluding hydrogens is 416 g/mol. The summed E-state index contributed by atoms with van der Waals surface area (Å²) in [4.78, 5) is 12.7. The summed E-state index contributed by atoms with van der Waals surface area (Å²) in [7, 11) is -3.60. The number of nitrogens with one attached hydrogen (secondary N) is 1. The second-order valence-corrected chi connectivity index (χ2v) is 9.63. The summed E-state index contributed by atoms with van der Waals surface area (Å²) in [5.74, 6) is 1.17. The molecule has 0 heterocycles. The van der Waals surface area contributed by atoms with E-state index in [2.05, 4.69) is 5.32 Å².